The number of nitrogens with zero attached hydrogens (tertiary/aromatic N) is 2. The van der Waals surface area contributed by atoms with E-state index in [0.29, 0.717) is 24.3 Å². The Morgan fingerprint density at radius 3 is 1.78 bits per heavy atom. The Morgan fingerprint density at radius 1 is 0.649 bits per heavy atom. The molecule has 6 nitrogen and oxygen atoms in total. The summed E-state index contributed by atoms with van der Waals surface area (Å²) in [5.74, 6) is -0.545. The zero-order valence-electron chi connectivity index (χ0n) is 21.7. The van der Waals surface area contributed by atoms with Crippen molar-refractivity contribution in [3.63, 3.8) is 0 Å². The van der Waals surface area contributed by atoms with Crippen LogP contribution in [0.3, 0.4) is 0 Å². The third kappa shape index (κ3) is 6.89. The van der Waals surface area contributed by atoms with Gasteiger partial charge >= 0.3 is 11.9 Å². The summed E-state index contributed by atoms with van der Waals surface area (Å²) >= 11 is 1.63. The molecule has 0 N–H and O–H groups in total. The molecular formula is C30H38N2O4S. The van der Waals surface area contributed by atoms with Crippen molar-refractivity contribution in [2.75, 3.05) is 52.5 Å². The highest BCUT2D eigenvalue weighted by Crippen LogP contribution is 2.35. The summed E-state index contributed by atoms with van der Waals surface area (Å²) in [7, 11) is 0. The van der Waals surface area contributed by atoms with E-state index in [4.69, 9.17) is 9.47 Å². The van der Waals surface area contributed by atoms with Crippen LogP contribution in [0.15, 0.2) is 36.4 Å². The number of piperidine rings is 2. The van der Waals surface area contributed by atoms with Crippen LogP contribution in [0.4, 0.5) is 0 Å². The molecule has 0 amide bonds. The Kier molecular flexibility index (Phi) is 9.08. The van der Waals surface area contributed by atoms with Crippen LogP contribution in [-0.2, 0) is 9.47 Å². The van der Waals surface area contributed by atoms with Crippen molar-refractivity contribution in [3.05, 3.63) is 47.5 Å². The van der Waals surface area contributed by atoms with E-state index in [0.717, 1.165) is 72.3 Å². The zero-order valence-corrected chi connectivity index (χ0v) is 22.5. The van der Waals surface area contributed by atoms with E-state index >= 15 is 0 Å². The van der Waals surface area contributed by atoms with Crippen molar-refractivity contribution < 1.29 is 19.1 Å². The molecule has 2 aliphatic heterocycles. The van der Waals surface area contributed by atoms with Crippen LogP contribution >= 0.6 is 11.3 Å². The summed E-state index contributed by atoms with van der Waals surface area (Å²) in [5, 5.41) is 2.06. The molecule has 0 spiro atoms. The number of hydrogen-bond acceptors (Lipinski definition) is 7. The van der Waals surface area contributed by atoms with Gasteiger partial charge in [0.2, 0.25) is 0 Å². The lowest BCUT2D eigenvalue weighted by atomic mass is 10.1. The molecule has 0 bridgehead atoms. The smallest absolute Gasteiger partial charge is 0.338 e. The second kappa shape index (κ2) is 12.9. The van der Waals surface area contributed by atoms with Crippen molar-refractivity contribution in [2.24, 2.45) is 0 Å². The van der Waals surface area contributed by atoms with Gasteiger partial charge in [-0.3, -0.25) is 0 Å². The summed E-state index contributed by atoms with van der Waals surface area (Å²) in [5.41, 5.74) is 1.15. The van der Waals surface area contributed by atoms with Crippen molar-refractivity contribution in [1.82, 2.24) is 9.80 Å². The van der Waals surface area contributed by atoms with E-state index < -0.39 is 0 Å². The summed E-state index contributed by atoms with van der Waals surface area (Å²) < 4.78 is 13.2. The fraction of sp³-hybridized carbons (Fsp3) is 0.533. The van der Waals surface area contributed by atoms with Gasteiger partial charge in [0.1, 0.15) is 0 Å². The highest BCUT2D eigenvalue weighted by molar-refractivity contribution is 7.25. The predicted octanol–water partition coefficient (Wildman–Crippen LogP) is 6.12. The molecule has 0 atom stereocenters. The van der Waals surface area contributed by atoms with E-state index in [9.17, 15) is 9.59 Å². The fourth-order valence-electron chi connectivity index (χ4n) is 5.47. The van der Waals surface area contributed by atoms with Crippen molar-refractivity contribution >= 4 is 43.4 Å². The molecule has 0 unspecified atom stereocenters. The fourth-order valence-corrected chi connectivity index (χ4v) is 6.60. The van der Waals surface area contributed by atoms with Gasteiger partial charge in [-0.2, -0.15) is 0 Å². The lowest BCUT2D eigenvalue weighted by Gasteiger charge is -2.26. The maximum Gasteiger partial charge on any atom is 0.338 e. The first kappa shape index (κ1) is 26.1. The van der Waals surface area contributed by atoms with Gasteiger partial charge in [0.05, 0.1) is 24.3 Å². The molecule has 3 heterocycles. The maximum atomic E-state index is 12.7. The van der Waals surface area contributed by atoms with Crippen LogP contribution < -0.4 is 0 Å². The van der Waals surface area contributed by atoms with E-state index in [1.54, 1.807) is 11.3 Å². The van der Waals surface area contributed by atoms with E-state index in [2.05, 4.69) is 9.80 Å². The second-order valence-corrected chi connectivity index (χ2v) is 11.4. The largest absolute Gasteiger partial charge is 0.462 e. The number of esters is 2. The third-order valence-electron chi connectivity index (χ3n) is 7.54. The molecule has 0 radical (unpaired) electrons. The van der Waals surface area contributed by atoms with Crippen LogP contribution in [0.25, 0.3) is 20.2 Å². The molecule has 198 valence electrons. The first-order chi connectivity index (χ1) is 18.2. The van der Waals surface area contributed by atoms with Gasteiger partial charge in [-0.05, 0) is 95.0 Å². The van der Waals surface area contributed by atoms with Gasteiger partial charge in [-0.15, -0.1) is 11.3 Å². The normalized spacial score (nSPS) is 17.3. The Bertz CT molecular complexity index is 1210. The topological polar surface area (TPSA) is 59.1 Å². The molecular weight excluding hydrogens is 484 g/mol. The SMILES string of the molecule is O=C(OCCCN1CCCCC1)c1ccc2c(c1)sc1ccc(C(=O)OCCCN3CCCCC3)cc12. The van der Waals surface area contributed by atoms with Crippen LogP contribution in [0, 0.1) is 0 Å². The molecule has 2 fully saturated rings. The molecule has 2 saturated heterocycles. The van der Waals surface area contributed by atoms with Crippen LogP contribution in [0.1, 0.15) is 72.1 Å². The second-order valence-electron chi connectivity index (χ2n) is 10.3. The maximum absolute atomic E-state index is 12.7. The molecule has 2 aliphatic rings. The summed E-state index contributed by atoms with van der Waals surface area (Å²) in [6.07, 6.45) is 9.49. The van der Waals surface area contributed by atoms with E-state index in [1.165, 1.54) is 38.5 Å². The highest BCUT2D eigenvalue weighted by atomic mass is 32.1. The number of likely N-dealkylation sites (tertiary alicyclic amines) is 2. The van der Waals surface area contributed by atoms with E-state index in [-0.39, 0.29) is 11.9 Å². The number of benzene rings is 2. The highest BCUT2D eigenvalue weighted by Gasteiger charge is 2.15. The van der Waals surface area contributed by atoms with E-state index in [1.807, 2.05) is 36.4 Å². The predicted molar refractivity (Wildman–Crippen MR) is 150 cm³/mol. The standard InChI is InChI=1S/C30H38N2O4S/c33-29(35-19-7-17-31-13-3-1-4-14-31)23-10-12-27-26(21-23)25-11-9-24(22-28(25)37-27)30(34)36-20-8-18-32-15-5-2-6-16-32/h9-12,21-22H,1-8,13-20H2. The molecule has 37 heavy (non-hydrogen) atoms. The average molecular weight is 523 g/mol. The van der Waals surface area contributed by atoms with Gasteiger partial charge < -0.3 is 19.3 Å². The summed E-state index contributed by atoms with van der Waals surface area (Å²) in [6.45, 7) is 7.52. The van der Waals surface area contributed by atoms with Crippen molar-refractivity contribution in [3.8, 4) is 0 Å². The Balaban J connectivity index is 1.15. The number of fused-ring (bicyclic) bond motifs is 3. The Morgan fingerprint density at radius 2 is 1.19 bits per heavy atom. The van der Waals surface area contributed by atoms with Gasteiger partial charge in [0, 0.05) is 33.3 Å². The summed E-state index contributed by atoms with van der Waals surface area (Å²) in [6, 6.07) is 11.4. The lowest BCUT2D eigenvalue weighted by molar-refractivity contribution is 0.0476. The molecule has 2 aromatic carbocycles. The van der Waals surface area contributed by atoms with Gasteiger partial charge in [0.25, 0.3) is 0 Å². The van der Waals surface area contributed by atoms with Crippen LogP contribution in [0.5, 0.6) is 0 Å². The Hall–Kier alpha value is -2.48. The van der Waals surface area contributed by atoms with Gasteiger partial charge in [0.15, 0.2) is 0 Å². The number of carbonyl (C=O) groups excluding carboxylic acids is 2. The number of thiophene rings is 1. The number of carbonyl (C=O) groups is 2. The van der Waals surface area contributed by atoms with Crippen molar-refractivity contribution in [1.29, 1.82) is 0 Å². The quantitative estimate of drug-likeness (QED) is 0.236. The monoisotopic (exact) mass is 522 g/mol. The van der Waals surface area contributed by atoms with Crippen molar-refractivity contribution in [2.45, 2.75) is 51.4 Å². The minimum Gasteiger partial charge on any atom is -0.462 e. The van der Waals surface area contributed by atoms with Gasteiger partial charge in [-0.25, -0.2) is 9.59 Å². The lowest BCUT2D eigenvalue weighted by Crippen LogP contribution is -2.31. The molecule has 0 saturated carbocycles. The first-order valence-electron chi connectivity index (χ1n) is 13.9. The minimum atomic E-state index is -0.273. The molecule has 5 rings (SSSR count). The van der Waals surface area contributed by atoms with Gasteiger partial charge in [-0.1, -0.05) is 18.9 Å². The number of ether oxygens (including phenoxy) is 2. The molecule has 3 aromatic rings. The molecule has 7 heteroatoms. The summed E-state index contributed by atoms with van der Waals surface area (Å²) in [4.78, 5) is 30.2. The number of hydrogen-bond donors (Lipinski definition) is 0. The zero-order chi connectivity index (χ0) is 25.5. The average Bonchev–Trinajstić information content (AvgIpc) is 3.31. The molecule has 1 aromatic heterocycles. The Labute approximate surface area is 223 Å². The number of rotatable bonds is 10. The first-order valence-corrected chi connectivity index (χ1v) is 14.7. The molecule has 0 aliphatic carbocycles. The van der Waals surface area contributed by atoms with Crippen LogP contribution in [-0.4, -0.2) is 74.2 Å². The van der Waals surface area contributed by atoms with Crippen LogP contribution in [0.2, 0.25) is 0 Å². The third-order valence-corrected chi connectivity index (χ3v) is 8.68. The minimum absolute atomic E-state index is 0.271.